The lowest BCUT2D eigenvalue weighted by molar-refractivity contribution is 1.48. The lowest BCUT2D eigenvalue weighted by Gasteiger charge is -2.07. The van der Waals surface area contributed by atoms with Crippen LogP contribution in [0.2, 0.25) is 0 Å². The van der Waals surface area contributed by atoms with Crippen molar-refractivity contribution in [2.45, 2.75) is 0 Å². The van der Waals surface area contributed by atoms with Crippen molar-refractivity contribution in [2.75, 3.05) is 0 Å². The first-order valence-corrected chi connectivity index (χ1v) is 6.53. The lowest BCUT2D eigenvalue weighted by Crippen LogP contribution is -1.85. The van der Waals surface area contributed by atoms with Crippen molar-refractivity contribution in [1.29, 1.82) is 5.26 Å². The Morgan fingerprint density at radius 3 is 2.05 bits per heavy atom. The molecule has 0 radical (unpaired) electrons. The smallest absolute Gasteiger partial charge is 0.0998 e. The Kier molecular flexibility index (Phi) is 3.31. The number of hydrogen-bond donors (Lipinski definition) is 0. The van der Waals surface area contributed by atoms with Gasteiger partial charge in [0.15, 0.2) is 0 Å². The van der Waals surface area contributed by atoms with Crippen molar-refractivity contribution >= 4 is 0 Å². The molecule has 0 aliphatic heterocycles. The van der Waals surface area contributed by atoms with Crippen molar-refractivity contribution in [3.63, 3.8) is 0 Å². The van der Waals surface area contributed by atoms with Crippen LogP contribution in [0.4, 0.5) is 0 Å². The van der Waals surface area contributed by atoms with Gasteiger partial charge in [-0.2, -0.15) is 5.26 Å². The van der Waals surface area contributed by atoms with E-state index in [9.17, 15) is 5.26 Å². The summed E-state index contributed by atoms with van der Waals surface area (Å²) in [7, 11) is 0. The zero-order chi connectivity index (χ0) is 13.8. The van der Waals surface area contributed by atoms with E-state index in [1.807, 2.05) is 54.6 Å². The second kappa shape index (κ2) is 5.42. The molecule has 1 nitrogen and oxygen atoms in total. The molecule has 3 rings (SSSR count). The van der Waals surface area contributed by atoms with Crippen LogP contribution in [0, 0.1) is 11.3 Å². The number of nitriles is 1. The van der Waals surface area contributed by atoms with Gasteiger partial charge in [-0.1, -0.05) is 66.7 Å². The molecule has 0 unspecified atom stereocenters. The molecule has 0 spiro atoms. The van der Waals surface area contributed by atoms with Crippen molar-refractivity contribution in [1.82, 2.24) is 0 Å². The molecule has 0 aromatic heterocycles. The van der Waals surface area contributed by atoms with Gasteiger partial charge in [-0.15, -0.1) is 0 Å². The zero-order valence-electron chi connectivity index (χ0n) is 11.0. The van der Waals surface area contributed by atoms with Gasteiger partial charge in [-0.3, -0.25) is 0 Å². The van der Waals surface area contributed by atoms with Crippen LogP contribution in [0.5, 0.6) is 0 Å². The maximum atomic E-state index is 9.22. The predicted molar refractivity (Wildman–Crippen MR) is 82.0 cm³/mol. The summed E-state index contributed by atoms with van der Waals surface area (Å²) in [5.74, 6) is 0. The van der Waals surface area contributed by atoms with E-state index in [0.717, 1.165) is 16.7 Å². The van der Waals surface area contributed by atoms with Crippen LogP contribution >= 0.6 is 0 Å². The van der Waals surface area contributed by atoms with Gasteiger partial charge in [0, 0.05) is 0 Å². The van der Waals surface area contributed by atoms with Crippen LogP contribution in [0.25, 0.3) is 22.3 Å². The fraction of sp³-hybridized carbons (Fsp3) is 0. The van der Waals surface area contributed by atoms with Gasteiger partial charge >= 0.3 is 0 Å². The summed E-state index contributed by atoms with van der Waals surface area (Å²) in [5.41, 5.74) is 5.11. The van der Waals surface area contributed by atoms with E-state index in [2.05, 4.69) is 30.3 Å². The Labute approximate surface area is 118 Å². The third kappa shape index (κ3) is 2.32. The molecular weight excluding hydrogens is 242 g/mol. The molecule has 0 bridgehead atoms. The summed E-state index contributed by atoms with van der Waals surface area (Å²) in [5, 5.41) is 9.22. The Morgan fingerprint density at radius 2 is 1.25 bits per heavy atom. The second-order valence-electron chi connectivity index (χ2n) is 4.60. The fourth-order valence-electron chi connectivity index (χ4n) is 2.33. The fourth-order valence-corrected chi connectivity index (χ4v) is 2.33. The molecule has 0 N–H and O–H groups in total. The normalized spacial score (nSPS) is 9.95. The largest absolute Gasteiger partial charge is 0.192 e. The SMILES string of the molecule is N#Cc1ccccc1-c1cccc(-c2ccccc2)c1. The van der Waals surface area contributed by atoms with Gasteiger partial charge in [0.1, 0.15) is 0 Å². The maximum Gasteiger partial charge on any atom is 0.0998 e. The maximum absolute atomic E-state index is 9.22. The molecule has 0 amide bonds. The monoisotopic (exact) mass is 255 g/mol. The highest BCUT2D eigenvalue weighted by Crippen LogP contribution is 2.28. The summed E-state index contributed by atoms with van der Waals surface area (Å²) >= 11 is 0. The predicted octanol–water partition coefficient (Wildman–Crippen LogP) is 4.89. The quantitative estimate of drug-likeness (QED) is 0.639. The van der Waals surface area contributed by atoms with Crippen LogP contribution in [-0.4, -0.2) is 0 Å². The van der Waals surface area contributed by atoms with Gasteiger partial charge in [0.2, 0.25) is 0 Å². The Balaban J connectivity index is 2.11. The van der Waals surface area contributed by atoms with E-state index in [4.69, 9.17) is 0 Å². The Bertz CT molecular complexity index is 767. The van der Waals surface area contributed by atoms with E-state index >= 15 is 0 Å². The molecule has 0 saturated heterocycles. The molecule has 3 aromatic rings. The van der Waals surface area contributed by atoms with Gasteiger partial charge < -0.3 is 0 Å². The average molecular weight is 255 g/mol. The summed E-state index contributed by atoms with van der Waals surface area (Å²) in [6, 6.07) is 28.5. The molecule has 0 atom stereocenters. The molecular formula is C19H13N. The van der Waals surface area contributed by atoms with Gasteiger partial charge in [-0.05, 0) is 34.4 Å². The summed E-state index contributed by atoms with van der Waals surface area (Å²) in [6.45, 7) is 0. The Hall–Kier alpha value is -2.85. The van der Waals surface area contributed by atoms with E-state index in [1.54, 1.807) is 0 Å². The molecule has 94 valence electrons. The molecule has 0 saturated carbocycles. The van der Waals surface area contributed by atoms with Crippen molar-refractivity contribution in [2.24, 2.45) is 0 Å². The van der Waals surface area contributed by atoms with E-state index in [1.165, 1.54) is 5.56 Å². The minimum Gasteiger partial charge on any atom is -0.192 e. The molecule has 1 heteroatoms. The molecule has 0 aliphatic carbocycles. The zero-order valence-corrected chi connectivity index (χ0v) is 11.0. The molecule has 3 aromatic carbocycles. The third-order valence-electron chi connectivity index (χ3n) is 3.33. The van der Waals surface area contributed by atoms with Gasteiger partial charge in [0.25, 0.3) is 0 Å². The lowest BCUT2D eigenvalue weighted by atomic mass is 9.96. The first-order valence-electron chi connectivity index (χ1n) is 6.53. The third-order valence-corrected chi connectivity index (χ3v) is 3.33. The molecule has 0 fully saturated rings. The van der Waals surface area contributed by atoms with Crippen LogP contribution in [0.1, 0.15) is 5.56 Å². The van der Waals surface area contributed by atoms with Crippen molar-refractivity contribution in [3.05, 3.63) is 84.4 Å². The van der Waals surface area contributed by atoms with Gasteiger partial charge in [0.05, 0.1) is 11.6 Å². The molecule has 0 heterocycles. The van der Waals surface area contributed by atoms with Crippen molar-refractivity contribution in [3.8, 4) is 28.3 Å². The minimum absolute atomic E-state index is 0.706. The average Bonchev–Trinajstić information content (AvgIpc) is 2.56. The standard InChI is InChI=1S/C19H13N/c20-14-18-9-4-5-12-19(18)17-11-6-10-16(13-17)15-7-2-1-3-8-15/h1-13H. The van der Waals surface area contributed by atoms with Crippen LogP contribution < -0.4 is 0 Å². The van der Waals surface area contributed by atoms with Crippen LogP contribution in [-0.2, 0) is 0 Å². The van der Waals surface area contributed by atoms with Gasteiger partial charge in [-0.25, -0.2) is 0 Å². The number of hydrogen-bond acceptors (Lipinski definition) is 1. The highest BCUT2D eigenvalue weighted by Gasteiger charge is 2.05. The van der Waals surface area contributed by atoms with E-state index in [-0.39, 0.29) is 0 Å². The minimum atomic E-state index is 0.706. The summed E-state index contributed by atoms with van der Waals surface area (Å²) in [6.07, 6.45) is 0. The van der Waals surface area contributed by atoms with Crippen LogP contribution in [0.3, 0.4) is 0 Å². The highest BCUT2D eigenvalue weighted by molar-refractivity contribution is 5.76. The summed E-state index contributed by atoms with van der Waals surface area (Å²) < 4.78 is 0. The summed E-state index contributed by atoms with van der Waals surface area (Å²) in [4.78, 5) is 0. The topological polar surface area (TPSA) is 23.8 Å². The van der Waals surface area contributed by atoms with Crippen LogP contribution in [0.15, 0.2) is 78.9 Å². The first kappa shape index (κ1) is 12.2. The Morgan fingerprint density at radius 1 is 0.600 bits per heavy atom. The second-order valence-corrected chi connectivity index (χ2v) is 4.60. The highest BCUT2D eigenvalue weighted by atomic mass is 14.2. The number of benzene rings is 3. The van der Waals surface area contributed by atoms with Crippen molar-refractivity contribution < 1.29 is 0 Å². The number of rotatable bonds is 2. The van der Waals surface area contributed by atoms with E-state index < -0.39 is 0 Å². The number of nitrogens with zero attached hydrogens (tertiary/aromatic N) is 1. The first-order chi connectivity index (χ1) is 9.88. The molecule has 0 aliphatic rings. The van der Waals surface area contributed by atoms with E-state index in [0.29, 0.717) is 5.56 Å². The molecule has 20 heavy (non-hydrogen) atoms.